The van der Waals surface area contributed by atoms with Crippen molar-refractivity contribution in [3.63, 3.8) is 0 Å². The number of rotatable bonds is 5. The molecule has 1 aliphatic heterocycles. The van der Waals surface area contributed by atoms with E-state index in [-0.39, 0.29) is 17.5 Å². The summed E-state index contributed by atoms with van der Waals surface area (Å²) in [4.78, 5) is 26.3. The lowest BCUT2D eigenvalue weighted by Crippen LogP contribution is -2.52. The van der Waals surface area contributed by atoms with Crippen LogP contribution in [0.3, 0.4) is 0 Å². The number of thiophene rings is 1. The second-order valence-corrected chi connectivity index (χ2v) is 7.74. The average Bonchev–Trinajstić information content (AvgIpc) is 3.38. The minimum Gasteiger partial charge on any atom is -0.284 e. The molecule has 1 amide bonds. The fourth-order valence-corrected chi connectivity index (χ4v) is 3.76. The molecule has 0 radical (unpaired) electrons. The Bertz CT molecular complexity index is 1050. The molecule has 4 rings (SSSR count). The number of Topliss-reactive ketones (excluding diaryl/α,β-unsaturated/α-hetero) is 1. The third-order valence-electron chi connectivity index (χ3n) is 4.46. The monoisotopic (exact) mass is 424 g/mol. The summed E-state index contributed by atoms with van der Waals surface area (Å²) in [6.45, 7) is 1.86. The van der Waals surface area contributed by atoms with E-state index in [2.05, 4.69) is 10.5 Å². The van der Waals surface area contributed by atoms with Gasteiger partial charge in [0.2, 0.25) is 11.6 Å². The minimum absolute atomic E-state index is 0.152. The van der Waals surface area contributed by atoms with Crippen LogP contribution in [0, 0.1) is 0 Å². The van der Waals surface area contributed by atoms with Gasteiger partial charge in [0.25, 0.3) is 5.91 Å². The van der Waals surface area contributed by atoms with Crippen LogP contribution in [0.1, 0.15) is 27.0 Å². The molecule has 0 bridgehead atoms. The number of hydrazine groups is 1. The van der Waals surface area contributed by atoms with Crippen LogP contribution in [0.15, 0.2) is 77.2 Å². The van der Waals surface area contributed by atoms with Gasteiger partial charge < -0.3 is 0 Å². The van der Waals surface area contributed by atoms with E-state index in [0.717, 1.165) is 5.69 Å². The number of carbonyl (C=O) groups excluding carboxylic acids is 2. The number of anilines is 1. The predicted molar refractivity (Wildman–Crippen MR) is 115 cm³/mol. The van der Waals surface area contributed by atoms with Gasteiger partial charge in [-0.25, -0.2) is 10.0 Å². The number of amidine groups is 1. The Labute approximate surface area is 177 Å². The smallest absolute Gasteiger partial charge is 0.269 e. The number of benzene rings is 2. The zero-order valence-corrected chi connectivity index (χ0v) is 17.0. The van der Waals surface area contributed by atoms with Gasteiger partial charge >= 0.3 is 0 Å². The Hall–Kier alpha value is -3.16. The number of halogens is 1. The molecule has 1 aromatic heterocycles. The summed E-state index contributed by atoms with van der Waals surface area (Å²) in [6, 6.07) is 19.5. The molecule has 3 aromatic rings. The zero-order valence-electron chi connectivity index (χ0n) is 15.4. The molecule has 1 aliphatic rings. The van der Waals surface area contributed by atoms with Crippen LogP contribution in [0.4, 0.5) is 5.69 Å². The van der Waals surface area contributed by atoms with Crippen molar-refractivity contribution >= 4 is 46.2 Å². The summed E-state index contributed by atoms with van der Waals surface area (Å²) >= 11 is 7.32. The summed E-state index contributed by atoms with van der Waals surface area (Å²) in [7, 11) is 0. The van der Waals surface area contributed by atoms with Gasteiger partial charge in [-0.3, -0.25) is 15.0 Å². The molecule has 1 unspecified atom stereocenters. The third-order valence-corrected chi connectivity index (χ3v) is 5.58. The number of hydrazone groups is 1. The van der Waals surface area contributed by atoms with Crippen molar-refractivity contribution in [1.29, 1.82) is 0 Å². The molecule has 6 nitrogen and oxygen atoms in total. The Morgan fingerprint density at radius 3 is 2.41 bits per heavy atom. The number of hydrogen-bond acceptors (Lipinski definition) is 6. The van der Waals surface area contributed by atoms with Crippen LogP contribution < -0.4 is 10.4 Å². The van der Waals surface area contributed by atoms with E-state index in [4.69, 9.17) is 11.6 Å². The van der Waals surface area contributed by atoms with Crippen molar-refractivity contribution in [2.45, 2.75) is 13.1 Å². The molecule has 2 heterocycles. The topological polar surface area (TPSA) is 65.0 Å². The number of carbonyl (C=O) groups is 2. The van der Waals surface area contributed by atoms with Crippen LogP contribution in [0.5, 0.6) is 0 Å². The molecule has 0 aliphatic carbocycles. The average molecular weight is 425 g/mol. The second-order valence-electron chi connectivity index (χ2n) is 6.36. The third kappa shape index (κ3) is 3.87. The van der Waals surface area contributed by atoms with Crippen molar-refractivity contribution in [1.82, 2.24) is 10.4 Å². The summed E-state index contributed by atoms with van der Waals surface area (Å²) in [5, 5.41) is 10.2. The normalized spacial score (nSPS) is 15.9. The maximum absolute atomic E-state index is 13.1. The molecular weight excluding hydrogens is 408 g/mol. The summed E-state index contributed by atoms with van der Waals surface area (Å²) in [6.07, 6.45) is -0.414. The molecule has 8 heteroatoms. The van der Waals surface area contributed by atoms with Gasteiger partial charge in [0, 0.05) is 10.6 Å². The largest absolute Gasteiger partial charge is 0.284 e. The van der Waals surface area contributed by atoms with Gasteiger partial charge in [0.1, 0.15) is 6.17 Å². The van der Waals surface area contributed by atoms with Crippen LogP contribution in [0.25, 0.3) is 0 Å². The number of nitrogens with zero attached hydrogens (tertiary/aromatic N) is 3. The van der Waals surface area contributed by atoms with Gasteiger partial charge in [0.15, 0.2) is 0 Å². The first kappa shape index (κ1) is 19.2. The highest BCUT2D eigenvalue weighted by molar-refractivity contribution is 7.13. The molecule has 0 fully saturated rings. The number of amides is 1. The Kier molecular flexibility index (Phi) is 5.33. The lowest BCUT2D eigenvalue weighted by atomic mass is 10.2. The maximum atomic E-state index is 13.1. The standard InChI is InChI=1S/C21H17ClN4O2S/c1-14-25(17-11-9-16(22)10-12-17)23-20(19(27)18-8-5-13-29-18)26(14)24-21(28)15-6-3-2-4-7-15/h2-14H,1H3,(H,24,28). The molecule has 1 atom stereocenters. The van der Waals surface area contributed by atoms with E-state index in [1.807, 2.05) is 30.5 Å². The Morgan fingerprint density at radius 2 is 1.76 bits per heavy atom. The van der Waals surface area contributed by atoms with Crippen LogP contribution in [0.2, 0.25) is 5.02 Å². The summed E-state index contributed by atoms with van der Waals surface area (Å²) in [5.41, 5.74) is 4.08. The molecule has 146 valence electrons. The Balaban J connectivity index is 1.67. The molecule has 0 saturated heterocycles. The lowest BCUT2D eigenvalue weighted by Gasteiger charge is -2.28. The first-order chi connectivity index (χ1) is 14.0. The van der Waals surface area contributed by atoms with Crippen LogP contribution in [-0.4, -0.2) is 28.7 Å². The molecule has 1 N–H and O–H groups in total. The molecule has 2 aromatic carbocycles. The number of hydrogen-bond donors (Lipinski definition) is 1. The maximum Gasteiger partial charge on any atom is 0.269 e. The van der Waals surface area contributed by atoms with Gasteiger partial charge in [-0.15, -0.1) is 16.4 Å². The van der Waals surface area contributed by atoms with Crippen molar-refractivity contribution in [3.8, 4) is 0 Å². The fourth-order valence-electron chi connectivity index (χ4n) is 2.97. The SMILES string of the molecule is CC1N(NC(=O)c2ccccc2)C(C(=O)c2cccs2)=NN1c1ccc(Cl)cc1. The number of ketones is 1. The molecular formula is C21H17ClN4O2S. The van der Waals surface area contributed by atoms with Crippen molar-refractivity contribution in [2.24, 2.45) is 5.10 Å². The summed E-state index contributed by atoms with van der Waals surface area (Å²) < 4.78 is 0. The minimum atomic E-state index is -0.414. The predicted octanol–water partition coefficient (Wildman–Crippen LogP) is 4.41. The fraction of sp³-hybridized carbons (Fsp3) is 0.0952. The van der Waals surface area contributed by atoms with Crippen LogP contribution >= 0.6 is 22.9 Å². The van der Waals surface area contributed by atoms with E-state index in [1.54, 1.807) is 53.5 Å². The quantitative estimate of drug-likeness (QED) is 0.616. The number of nitrogens with one attached hydrogen (secondary N) is 1. The van der Waals surface area contributed by atoms with Gasteiger partial charge in [-0.05, 0) is 54.8 Å². The van der Waals surface area contributed by atoms with Crippen molar-refractivity contribution in [3.05, 3.63) is 87.6 Å². The van der Waals surface area contributed by atoms with E-state index < -0.39 is 6.17 Å². The molecule has 29 heavy (non-hydrogen) atoms. The summed E-state index contributed by atoms with van der Waals surface area (Å²) in [5.74, 6) is -0.419. The lowest BCUT2D eigenvalue weighted by molar-refractivity contribution is 0.0842. The molecule has 0 spiro atoms. The van der Waals surface area contributed by atoms with Crippen molar-refractivity contribution in [2.75, 3.05) is 5.01 Å². The first-order valence-corrected chi connectivity index (χ1v) is 10.2. The van der Waals surface area contributed by atoms with Gasteiger partial charge in [-0.1, -0.05) is 35.9 Å². The van der Waals surface area contributed by atoms with Crippen LogP contribution in [-0.2, 0) is 0 Å². The van der Waals surface area contributed by atoms with E-state index in [9.17, 15) is 9.59 Å². The van der Waals surface area contributed by atoms with Gasteiger partial charge in [0.05, 0.1) is 10.6 Å². The second kappa shape index (κ2) is 8.06. The first-order valence-electron chi connectivity index (χ1n) is 8.91. The van der Waals surface area contributed by atoms with E-state index >= 15 is 0 Å². The molecule has 0 saturated carbocycles. The van der Waals surface area contributed by atoms with Crippen molar-refractivity contribution < 1.29 is 9.59 Å². The highest BCUT2D eigenvalue weighted by Crippen LogP contribution is 2.27. The Morgan fingerprint density at radius 1 is 1.03 bits per heavy atom. The van der Waals surface area contributed by atoms with E-state index in [0.29, 0.717) is 15.5 Å². The highest BCUT2D eigenvalue weighted by Gasteiger charge is 2.37. The zero-order chi connectivity index (χ0) is 20.4. The van der Waals surface area contributed by atoms with Gasteiger partial charge in [-0.2, -0.15) is 0 Å². The van der Waals surface area contributed by atoms with E-state index in [1.165, 1.54) is 16.3 Å². The highest BCUT2D eigenvalue weighted by atomic mass is 35.5.